The maximum atomic E-state index is 12.3. The van der Waals surface area contributed by atoms with E-state index in [-0.39, 0.29) is 11.6 Å². The largest absolute Gasteiger partial charge is 0.442 e. The molecule has 6 heteroatoms. The Kier molecular flexibility index (Phi) is 3.54. The van der Waals surface area contributed by atoms with E-state index in [0.717, 1.165) is 4.88 Å². The highest BCUT2D eigenvalue weighted by Crippen LogP contribution is 2.28. The Labute approximate surface area is 124 Å². The van der Waals surface area contributed by atoms with Crippen LogP contribution in [0.3, 0.4) is 0 Å². The Hall–Kier alpha value is -2.11. The highest BCUT2D eigenvalue weighted by molar-refractivity contribution is 7.13. The number of aromatic nitrogens is 1. The van der Waals surface area contributed by atoms with Gasteiger partial charge in [-0.1, -0.05) is 29.8 Å². The number of carbonyl (C=O) groups excluding carboxylic acids is 1. The number of benzene rings is 1. The maximum absolute atomic E-state index is 12.3. The first-order valence-electron chi connectivity index (χ1n) is 5.79. The van der Waals surface area contributed by atoms with Crippen molar-refractivity contribution < 1.29 is 9.21 Å². The van der Waals surface area contributed by atoms with Gasteiger partial charge in [0.15, 0.2) is 17.8 Å². The Morgan fingerprint density at radius 2 is 2.10 bits per heavy atom. The smallest absolute Gasteiger partial charge is 0.278 e. The Morgan fingerprint density at radius 1 is 1.25 bits per heavy atom. The van der Waals surface area contributed by atoms with Crippen LogP contribution in [-0.4, -0.2) is 10.9 Å². The molecule has 0 aliphatic rings. The van der Waals surface area contributed by atoms with E-state index in [4.69, 9.17) is 16.0 Å². The molecular weight excluding hydrogens is 296 g/mol. The van der Waals surface area contributed by atoms with E-state index >= 15 is 0 Å². The summed E-state index contributed by atoms with van der Waals surface area (Å²) in [7, 11) is 0. The molecule has 0 radical (unpaired) electrons. The van der Waals surface area contributed by atoms with Crippen LogP contribution in [0, 0.1) is 0 Å². The fourth-order valence-corrected chi connectivity index (χ4v) is 2.63. The molecule has 20 heavy (non-hydrogen) atoms. The minimum atomic E-state index is -0.352. The molecule has 1 aromatic carbocycles. The van der Waals surface area contributed by atoms with Gasteiger partial charge in [0, 0.05) is 0 Å². The van der Waals surface area contributed by atoms with E-state index in [2.05, 4.69) is 10.3 Å². The van der Waals surface area contributed by atoms with Crippen molar-refractivity contribution in [1.29, 1.82) is 0 Å². The SMILES string of the molecule is O=C(Nc1ccccc1Cl)c1ncoc1-c1cccs1. The molecule has 0 aliphatic carbocycles. The van der Waals surface area contributed by atoms with Crippen LogP contribution in [0.25, 0.3) is 10.6 Å². The summed E-state index contributed by atoms with van der Waals surface area (Å²) < 4.78 is 5.30. The van der Waals surface area contributed by atoms with Crippen LogP contribution in [0.5, 0.6) is 0 Å². The molecule has 0 unspecified atom stereocenters. The Bertz CT molecular complexity index is 737. The number of anilines is 1. The van der Waals surface area contributed by atoms with Gasteiger partial charge in [0.1, 0.15) is 0 Å². The third kappa shape index (κ3) is 2.45. The number of halogens is 1. The predicted molar refractivity (Wildman–Crippen MR) is 79.2 cm³/mol. The van der Waals surface area contributed by atoms with Crippen molar-refractivity contribution in [3.05, 3.63) is 58.9 Å². The molecule has 3 rings (SSSR count). The van der Waals surface area contributed by atoms with Gasteiger partial charge >= 0.3 is 0 Å². The molecule has 0 fully saturated rings. The normalized spacial score (nSPS) is 10.4. The predicted octanol–water partition coefficient (Wildman–Crippen LogP) is 4.31. The summed E-state index contributed by atoms with van der Waals surface area (Å²) in [6, 6.07) is 10.8. The molecule has 2 aromatic heterocycles. The fourth-order valence-electron chi connectivity index (χ4n) is 1.73. The number of rotatable bonds is 3. The molecule has 0 bridgehead atoms. The number of nitrogens with zero attached hydrogens (tertiary/aromatic N) is 1. The van der Waals surface area contributed by atoms with Crippen LogP contribution in [0.4, 0.5) is 5.69 Å². The zero-order chi connectivity index (χ0) is 13.9. The lowest BCUT2D eigenvalue weighted by Crippen LogP contribution is -2.13. The summed E-state index contributed by atoms with van der Waals surface area (Å²) in [6.45, 7) is 0. The first-order chi connectivity index (χ1) is 9.75. The van der Waals surface area contributed by atoms with Crippen molar-refractivity contribution in [2.75, 3.05) is 5.32 Å². The lowest BCUT2D eigenvalue weighted by molar-refractivity contribution is 0.102. The zero-order valence-corrected chi connectivity index (χ0v) is 11.7. The van der Waals surface area contributed by atoms with Crippen molar-refractivity contribution in [2.24, 2.45) is 0 Å². The summed E-state index contributed by atoms with van der Waals surface area (Å²) in [4.78, 5) is 17.1. The monoisotopic (exact) mass is 304 g/mol. The van der Waals surface area contributed by atoms with Crippen LogP contribution >= 0.6 is 22.9 Å². The van der Waals surface area contributed by atoms with Gasteiger partial charge in [-0.15, -0.1) is 11.3 Å². The number of hydrogen-bond acceptors (Lipinski definition) is 4. The standard InChI is InChI=1S/C14H9ClN2O2S/c15-9-4-1-2-5-10(9)17-14(18)12-13(19-8-16-12)11-6-3-7-20-11/h1-8H,(H,17,18). The lowest BCUT2D eigenvalue weighted by Gasteiger charge is -2.05. The summed E-state index contributed by atoms with van der Waals surface area (Å²) in [6.07, 6.45) is 1.26. The van der Waals surface area contributed by atoms with Crippen LogP contribution in [-0.2, 0) is 0 Å². The molecule has 0 aliphatic heterocycles. The zero-order valence-electron chi connectivity index (χ0n) is 10.2. The summed E-state index contributed by atoms with van der Waals surface area (Å²) in [5.74, 6) is 0.111. The van der Waals surface area contributed by atoms with Gasteiger partial charge in [0.25, 0.3) is 5.91 Å². The van der Waals surface area contributed by atoms with Gasteiger partial charge < -0.3 is 9.73 Å². The van der Waals surface area contributed by atoms with E-state index in [0.29, 0.717) is 16.5 Å². The first kappa shape index (κ1) is 12.9. The number of oxazole rings is 1. The van der Waals surface area contributed by atoms with Crippen LogP contribution in [0.1, 0.15) is 10.5 Å². The molecule has 0 spiro atoms. The third-order valence-corrected chi connectivity index (χ3v) is 3.85. The highest BCUT2D eigenvalue weighted by Gasteiger charge is 2.19. The van der Waals surface area contributed by atoms with Gasteiger partial charge in [-0.2, -0.15) is 0 Å². The van der Waals surface area contributed by atoms with Crippen molar-refractivity contribution in [2.45, 2.75) is 0 Å². The van der Waals surface area contributed by atoms with E-state index in [1.807, 2.05) is 17.5 Å². The van der Waals surface area contributed by atoms with Crippen molar-refractivity contribution in [1.82, 2.24) is 4.98 Å². The second kappa shape index (κ2) is 5.48. The molecule has 1 N–H and O–H groups in total. The molecule has 100 valence electrons. The summed E-state index contributed by atoms with van der Waals surface area (Å²) in [5.41, 5.74) is 0.784. The molecule has 2 heterocycles. The number of nitrogens with one attached hydrogen (secondary N) is 1. The second-order valence-electron chi connectivity index (χ2n) is 3.94. The van der Waals surface area contributed by atoms with E-state index in [1.54, 1.807) is 24.3 Å². The molecule has 0 saturated heterocycles. The summed E-state index contributed by atoms with van der Waals surface area (Å²) >= 11 is 7.49. The quantitative estimate of drug-likeness (QED) is 0.784. The van der Waals surface area contributed by atoms with Gasteiger partial charge in [-0.25, -0.2) is 4.98 Å². The van der Waals surface area contributed by atoms with Gasteiger partial charge in [-0.3, -0.25) is 4.79 Å². The maximum Gasteiger partial charge on any atom is 0.278 e. The highest BCUT2D eigenvalue weighted by atomic mass is 35.5. The second-order valence-corrected chi connectivity index (χ2v) is 5.30. The fraction of sp³-hybridized carbons (Fsp3) is 0. The molecule has 0 saturated carbocycles. The molecule has 0 atom stereocenters. The van der Waals surface area contributed by atoms with E-state index < -0.39 is 0 Å². The van der Waals surface area contributed by atoms with Gasteiger partial charge in [-0.05, 0) is 23.6 Å². The average molecular weight is 305 g/mol. The van der Waals surface area contributed by atoms with Crippen molar-refractivity contribution in [3.63, 3.8) is 0 Å². The number of thiophene rings is 1. The number of para-hydroxylation sites is 1. The first-order valence-corrected chi connectivity index (χ1v) is 7.04. The number of hydrogen-bond donors (Lipinski definition) is 1. The number of carbonyl (C=O) groups is 1. The average Bonchev–Trinajstić information content (AvgIpc) is 3.11. The molecular formula is C14H9ClN2O2S. The minimum Gasteiger partial charge on any atom is -0.442 e. The van der Waals surface area contributed by atoms with Gasteiger partial charge in [0.2, 0.25) is 0 Å². The lowest BCUT2D eigenvalue weighted by atomic mass is 10.2. The van der Waals surface area contributed by atoms with E-state index in [9.17, 15) is 4.79 Å². The van der Waals surface area contributed by atoms with Crippen molar-refractivity contribution in [3.8, 4) is 10.6 Å². The molecule has 1 amide bonds. The van der Waals surface area contributed by atoms with Crippen LogP contribution < -0.4 is 5.32 Å². The topological polar surface area (TPSA) is 55.1 Å². The Balaban J connectivity index is 1.89. The molecule has 4 nitrogen and oxygen atoms in total. The van der Waals surface area contributed by atoms with Gasteiger partial charge in [0.05, 0.1) is 15.6 Å². The van der Waals surface area contributed by atoms with Crippen LogP contribution in [0.15, 0.2) is 52.6 Å². The molecule has 3 aromatic rings. The minimum absolute atomic E-state index is 0.243. The number of amides is 1. The van der Waals surface area contributed by atoms with Crippen molar-refractivity contribution >= 4 is 34.5 Å². The van der Waals surface area contributed by atoms with E-state index in [1.165, 1.54) is 17.7 Å². The Morgan fingerprint density at radius 3 is 2.85 bits per heavy atom. The summed E-state index contributed by atoms with van der Waals surface area (Å²) in [5, 5.41) is 5.11. The van der Waals surface area contributed by atoms with Crippen LogP contribution in [0.2, 0.25) is 5.02 Å². The third-order valence-electron chi connectivity index (χ3n) is 2.65.